The third kappa shape index (κ3) is 3.88. The number of dihydropyridines is 1. The molecule has 0 aromatic carbocycles. The summed E-state index contributed by atoms with van der Waals surface area (Å²) in [6.45, 7) is 3.01. The first kappa shape index (κ1) is 18.7. The number of hydrogen-bond donors (Lipinski definition) is 2. The standard InChI is InChI=1S/C17H16F3N3O4/c1-3-9-7-11(24)27-14-12(9)13(25)21-15(22-14)26-8-16(2)6-4-5-10(23-16)17(18,19)20/h4-7,23H,3,8H2,1-2H3,(H,21,22,25). The van der Waals surface area contributed by atoms with Crippen LogP contribution in [0.3, 0.4) is 0 Å². The summed E-state index contributed by atoms with van der Waals surface area (Å²) in [6, 6.07) is 0.950. The Balaban J connectivity index is 1.86. The highest BCUT2D eigenvalue weighted by molar-refractivity contribution is 5.75. The molecule has 0 aliphatic carbocycles. The molecular formula is C17H16F3N3O4. The number of aromatic nitrogens is 2. The number of aryl methyl sites for hydroxylation is 1. The lowest BCUT2D eigenvalue weighted by molar-refractivity contribution is -0.0995. The number of fused-ring (bicyclic) bond motifs is 1. The lowest BCUT2D eigenvalue weighted by Gasteiger charge is -2.32. The molecule has 2 N–H and O–H groups in total. The second kappa shape index (κ2) is 6.60. The molecule has 1 aliphatic heterocycles. The second-order valence-electron chi connectivity index (χ2n) is 6.26. The minimum absolute atomic E-state index is 0.133. The maximum atomic E-state index is 12.9. The molecule has 144 valence electrons. The Morgan fingerprint density at radius 3 is 2.74 bits per heavy atom. The Labute approximate surface area is 150 Å². The third-order valence-corrected chi connectivity index (χ3v) is 4.02. The first-order valence-electron chi connectivity index (χ1n) is 8.06. The van der Waals surface area contributed by atoms with Crippen LogP contribution in [0.25, 0.3) is 11.1 Å². The molecule has 0 radical (unpaired) electrons. The van der Waals surface area contributed by atoms with Crippen LogP contribution in [0, 0.1) is 0 Å². The van der Waals surface area contributed by atoms with Gasteiger partial charge in [-0.15, -0.1) is 0 Å². The molecule has 1 atom stereocenters. The molecule has 0 fully saturated rings. The van der Waals surface area contributed by atoms with Gasteiger partial charge in [-0.05, 0) is 25.0 Å². The lowest BCUT2D eigenvalue weighted by atomic mass is 9.99. The first-order chi connectivity index (χ1) is 12.6. The fraction of sp³-hybridized carbons (Fsp3) is 0.353. The minimum atomic E-state index is -4.53. The van der Waals surface area contributed by atoms with Crippen LogP contribution in [-0.2, 0) is 6.42 Å². The fourth-order valence-corrected chi connectivity index (χ4v) is 2.69. The van der Waals surface area contributed by atoms with Gasteiger partial charge < -0.3 is 14.5 Å². The molecule has 7 nitrogen and oxygen atoms in total. The molecule has 27 heavy (non-hydrogen) atoms. The normalized spacial score (nSPS) is 19.7. The maximum absolute atomic E-state index is 12.9. The van der Waals surface area contributed by atoms with E-state index < -0.39 is 28.6 Å². The topological polar surface area (TPSA) is 97.2 Å². The molecule has 2 aromatic heterocycles. The lowest BCUT2D eigenvalue weighted by Crippen LogP contribution is -2.49. The predicted molar refractivity (Wildman–Crippen MR) is 90.6 cm³/mol. The highest BCUT2D eigenvalue weighted by Crippen LogP contribution is 2.28. The van der Waals surface area contributed by atoms with Crippen molar-refractivity contribution < 1.29 is 22.3 Å². The maximum Gasteiger partial charge on any atom is 0.430 e. The zero-order valence-electron chi connectivity index (χ0n) is 14.4. The molecule has 0 amide bonds. The van der Waals surface area contributed by atoms with Gasteiger partial charge in [-0.25, -0.2) is 4.79 Å². The summed E-state index contributed by atoms with van der Waals surface area (Å²) in [5.74, 6) is 0. The third-order valence-electron chi connectivity index (χ3n) is 4.02. The Morgan fingerprint density at radius 1 is 1.33 bits per heavy atom. The number of allylic oxidation sites excluding steroid dienone is 3. The van der Waals surface area contributed by atoms with Gasteiger partial charge in [0.05, 0.1) is 5.54 Å². The van der Waals surface area contributed by atoms with Crippen LogP contribution in [-0.4, -0.2) is 28.3 Å². The largest absolute Gasteiger partial charge is 0.462 e. The van der Waals surface area contributed by atoms with Gasteiger partial charge >= 0.3 is 11.8 Å². The van der Waals surface area contributed by atoms with Crippen molar-refractivity contribution in [2.75, 3.05) is 6.61 Å². The first-order valence-corrected chi connectivity index (χ1v) is 8.06. The number of alkyl halides is 3. The second-order valence-corrected chi connectivity index (χ2v) is 6.26. The van der Waals surface area contributed by atoms with Crippen molar-refractivity contribution in [2.24, 2.45) is 0 Å². The van der Waals surface area contributed by atoms with E-state index in [1.54, 1.807) is 6.92 Å². The molecule has 3 rings (SSSR count). The van der Waals surface area contributed by atoms with Crippen LogP contribution < -0.4 is 21.2 Å². The summed E-state index contributed by atoms with van der Waals surface area (Å²) in [4.78, 5) is 30.2. The van der Waals surface area contributed by atoms with Gasteiger partial charge in [0.15, 0.2) is 0 Å². The summed E-state index contributed by atoms with van der Waals surface area (Å²) in [5, 5.41) is 2.48. The number of H-pyrrole nitrogens is 1. The van der Waals surface area contributed by atoms with Crippen molar-refractivity contribution in [1.29, 1.82) is 0 Å². The molecule has 2 aromatic rings. The van der Waals surface area contributed by atoms with Gasteiger partial charge in [0.25, 0.3) is 11.6 Å². The van der Waals surface area contributed by atoms with Crippen molar-refractivity contribution in [3.8, 4) is 6.01 Å². The molecule has 10 heteroatoms. The van der Waals surface area contributed by atoms with Crippen molar-refractivity contribution in [1.82, 2.24) is 15.3 Å². The van der Waals surface area contributed by atoms with E-state index in [0.29, 0.717) is 12.0 Å². The Bertz CT molecular complexity index is 1050. The van der Waals surface area contributed by atoms with E-state index in [4.69, 9.17) is 9.15 Å². The van der Waals surface area contributed by atoms with Crippen molar-refractivity contribution in [3.63, 3.8) is 0 Å². The number of nitrogens with one attached hydrogen (secondary N) is 2. The number of aromatic amines is 1. The van der Waals surface area contributed by atoms with E-state index in [1.807, 2.05) is 0 Å². The number of halogens is 3. The van der Waals surface area contributed by atoms with E-state index in [-0.39, 0.29) is 23.7 Å². The van der Waals surface area contributed by atoms with E-state index >= 15 is 0 Å². The van der Waals surface area contributed by atoms with Gasteiger partial charge in [-0.3, -0.25) is 9.78 Å². The van der Waals surface area contributed by atoms with Crippen LogP contribution in [0.15, 0.2) is 44.0 Å². The molecule has 3 heterocycles. The summed E-state index contributed by atoms with van der Waals surface area (Å²) >= 11 is 0. The van der Waals surface area contributed by atoms with Gasteiger partial charge in [0, 0.05) is 6.07 Å². The molecule has 0 saturated carbocycles. The van der Waals surface area contributed by atoms with Crippen molar-refractivity contribution in [3.05, 3.63) is 56.3 Å². The van der Waals surface area contributed by atoms with Gasteiger partial charge in [0.1, 0.15) is 17.7 Å². The van der Waals surface area contributed by atoms with Crippen molar-refractivity contribution >= 4 is 11.1 Å². The molecule has 0 bridgehead atoms. The van der Waals surface area contributed by atoms with Crippen LogP contribution in [0.1, 0.15) is 19.4 Å². The van der Waals surface area contributed by atoms with E-state index in [1.165, 1.54) is 25.1 Å². The minimum Gasteiger partial charge on any atom is -0.462 e. The summed E-state index contributed by atoms with van der Waals surface area (Å²) in [6.07, 6.45) is -0.421. The van der Waals surface area contributed by atoms with E-state index in [9.17, 15) is 22.8 Å². The summed E-state index contributed by atoms with van der Waals surface area (Å²) < 4.78 is 49.0. The van der Waals surface area contributed by atoms with E-state index in [2.05, 4.69) is 15.3 Å². The molecule has 0 saturated heterocycles. The average molecular weight is 383 g/mol. The van der Waals surface area contributed by atoms with Crippen LogP contribution in [0.5, 0.6) is 6.01 Å². The highest BCUT2D eigenvalue weighted by Gasteiger charge is 2.39. The Hall–Kier alpha value is -3.04. The van der Waals surface area contributed by atoms with Gasteiger partial charge in [-0.1, -0.05) is 19.1 Å². The Kier molecular flexibility index (Phi) is 4.58. The van der Waals surface area contributed by atoms with Crippen LogP contribution >= 0.6 is 0 Å². The predicted octanol–water partition coefficient (Wildman–Crippen LogP) is 2.18. The zero-order chi connectivity index (χ0) is 19.8. The van der Waals surface area contributed by atoms with Crippen LogP contribution in [0.4, 0.5) is 13.2 Å². The van der Waals surface area contributed by atoms with Crippen LogP contribution in [0.2, 0.25) is 0 Å². The molecule has 1 aliphatic rings. The number of ether oxygens (including phenoxy) is 1. The smallest absolute Gasteiger partial charge is 0.430 e. The van der Waals surface area contributed by atoms with Gasteiger partial charge in [-0.2, -0.15) is 18.2 Å². The average Bonchev–Trinajstić information content (AvgIpc) is 2.58. The number of rotatable bonds is 4. The molecule has 0 spiro atoms. The van der Waals surface area contributed by atoms with E-state index in [0.717, 1.165) is 6.08 Å². The Morgan fingerprint density at radius 2 is 2.07 bits per heavy atom. The fourth-order valence-electron chi connectivity index (χ4n) is 2.69. The molecule has 1 unspecified atom stereocenters. The SMILES string of the molecule is CCc1cc(=O)oc2nc(OCC3(C)C=CC=C(C(F)(F)F)N3)[nH]c(=O)c12. The summed E-state index contributed by atoms with van der Waals surface area (Å²) in [7, 11) is 0. The monoisotopic (exact) mass is 383 g/mol. The molecular weight excluding hydrogens is 367 g/mol. The highest BCUT2D eigenvalue weighted by atomic mass is 19.4. The zero-order valence-corrected chi connectivity index (χ0v) is 14.4. The number of hydrogen-bond acceptors (Lipinski definition) is 6. The quantitative estimate of drug-likeness (QED) is 0.840. The van der Waals surface area contributed by atoms with Gasteiger partial charge in [0.2, 0.25) is 5.71 Å². The number of nitrogens with zero attached hydrogens (tertiary/aromatic N) is 1. The van der Waals surface area contributed by atoms with Crippen molar-refractivity contribution in [2.45, 2.75) is 32.0 Å². The summed E-state index contributed by atoms with van der Waals surface area (Å²) in [5.41, 5.74) is -3.03.